The number of hydrogen-bond donors (Lipinski definition) is 0. The zero-order valence-corrected chi connectivity index (χ0v) is 11.0. The summed E-state index contributed by atoms with van der Waals surface area (Å²) in [4.78, 5) is 0. The van der Waals surface area contributed by atoms with E-state index in [1.165, 1.54) is 24.5 Å². The first-order chi connectivity index (χ1) is 9.24. The van der Waals surface area contributed by atoms with Crippen LogP contribution < -0.4 is 0 Å². The van der Waals surface area contributed by atoms with Crippen LogP contribution >= 0.6 is 0 Å². The summed E-state index contributed by atoms with van der Waals surface area (Å²) in [5.74, 6) is -0.347. The zero-order chi connectivity index (χ0) is 13.7. The molecular formula is C17H16FN. The molecule has 2 heteroatoms. The number of nitrogens with zero attached hydrogens (tertiary/aromatic N) is 1. The number of unbranched alkanes of at least 4 members (excludes halogenated alkanes) is 1. The van der Waals surface area contributed by atoms with Gasteiger partial charge in [-0.1, -0.05) is 43.7 Å². The highest BCUT2D eigenvalue weighted by Crippen LogP contribution is 2.24. The summed E-state index contributed by atoms with van der Waals surface area (Å²) in [5, 5.41) is 8.73. The number of hydrogen-bond acceptors (Lipinski definition) is 1. The molecule has 0 amide bonds. The molecule has 96 valence electrons. The number of nitriles is 1. The second-order valence-electron chi connectivity index (χ2n) is 4.61. The molecule has 0 heterocycles. The van der Waals surface area contributed by atoms with Gasteiger partial charge in [0.05, 0.1) is 11.6 Å². The normalized spacial score (nSPS) is 10.2. The van der Waals surface area contributed by atoms with Gasteiger partial charge in [-0.05, 0) is 36.1 Å². The molecule has 0 aromatic heterocycles. The van der Waals surface area contributed by atoms with Crippen LogP contribution in [-0.4, -0.2) is 0 Å². The van der Waals surface area contributed by atoms with Gasteiger partial charge in [-0.15, -0.1) is 0 Å². The Morgan fingerprint density at radius 3 is 2.42 bits per heavy atom. The molecule has 2 rings (SSSR count). The Hall–Kier alpha value is -2.14. The molecule has 0 aliphatic rings. The first-order valence-electron chi connectivity index (χ1n) is 6.53. The topological polar surface area (TPSA) is 23.8 Å². The van der Waals surface area contributed by atoms with Gasteiger partial charge in [0, 0.05) is 5.56 Å². The van der Waals surface area contributed by atoms with Gasteiger partial charge < -0.3 is 0 Å². The molecule has 0 fully saturated rings. The Bertz CT molecular complexity index is 594. The smallest absolute Gasteiger partial charge is 0.132 e. The minimum Gasteiger partial charge on any atom is -0.206 e. The van der Waals surface area contributed by atoms with Crippen LogP contribution in [-0.2, 0) is 6.42 Å². The van der Waals surface area contributed by atoms with Gasteiger partial charge in [0.25, 0.3) is 0 Å². The fourth-order valence-corrected chi connectivity index (χ4v) is 2.05. The predicted molar refractivity (Wildman–Crippen MR) is 75.2 cm³/mol. The Kier molecular flexibility index (Phi) is 4.30. The molecule has 1 nitrogen and oxygen atoms in total. The first-order valence-corrected chi connectivity index (χ1v) is 6.53. The van der Waals surface area contributed by atoms with Crippen LogP contribution in [0, 0.1) is 17.1 Å². The lowest BCUT2D eigenvalue weighted by Crippen LogP contribution is -1.88. The molecule has 0 radical (unpaired) electrons. The lowest BCUT2D eigenvalue weighted by molar-refractivity contribution is 0.631. The van der Waals surface area contributed by atoms with Crippen LogP contribution in [0.4, 0.5) is 4.39 Å². The summed E-state index contributed by atoms with van der Waals surface area (Å²) in [7, 11) is 0. The third kappa shape index (κ3) is 3.20. The Labute approximate surface area is 113 Å². The summed E-state index contributed by atoms with van der Waals surface area (Å²) in [5.41, 5.74) is 3.02. The summed E-state index contributed by atoms with van der Waals surface area (Å²) >= 11 is 0. The van der Waals surface area contributed by atoms with E-state index in [0.717, 1.165) is 12.0 Å². The maximum atomic E-state index is 13.9. The number of aryl methyl sites for hydroxylation is 1. The van der Waals surface area contributed by atoms with Gasteiger partial charge >= 0.3 is 0 Å². The van der Waals surface area contributed by atoms with Gasteiger partial charge in [-0.3, -0.25) is 0 Å². The quantitative estimate of drug-likeness (QED) is 0.774. The Morgan fingerprint density at radius 1 is 1.11 bits per heavy atom. The lowest BCUT2D eigenvalue weighted by Gasteiger charge is -2.05. The third-order valence-electron chi connectivity index (χ3n) is 3.18. The SMILES string of the molecule is CCCCc1ccc(-c2ccc(C#N)cc2F)cc1. The van der Waals surface area contributed by atoms with Crippen molar-refractivity contribution >= 4 is 0 Å². The summed E-state index contributed by atoms with van der Waals surface area (Å²) in [6.07, 6.45) is 3.41. The highest BCUT2D eigenvalue weighted by molar-refractivity contribution is 5.65. The van der Waals surface area contributed by atoms with Crippen molar-refractivity contribution in [2.24, 2.45) is 0 Å². The minimum absolute atomic E-state index is 0.347. The molecule has 0 unspecified atom stereocenters. The molecule has 2 aromatic rings. The van der Waals surface area contributed by atoms with Crippen LogP contribution in [0.5, 0.6) is 0 Å². The van der Waals surface area contributed by atoms with E-state index in [1.807, 2.05) is 30.3 Å². The van der Waals surface area contributed by atoms with Crippen LogP contribution in [0.1, 0.15) is 30.9 Å². The van der Waals surface area contributed by atoms with Gasteiger partial charge in [0.1, 0.15) is 5.82 Å². The van der Waals surface area contributed by atoms with Crippen molar-refractivity contribution in [3.05, 3.63) is 59.4 Å². The number of rotatable bonds is 4. The molecule has 0 atom stereocenters. The van der Waals surface area contributed by atoms with Crippen molar-refractivity contribution in [2.75, 3.05) is 0 Å². The van der Waals surface area contributed by atoms with E-state index in [9.17, 15) is 4.39 Å². The van der Waals surface area contributed by atoms with Crippen LogP contribution in [0.3, 0.4) is 0 Å². The monoisotopic (exact) mass is 253 g/mol. The van der Waals surface area contributed by atoms with E-state index in [2.05, 4.69) is 6.92 Å². The molecule has 0 saturated heterocycles. The fraction of sp³-hybridized carbons (Fsp3) is 0.235. The molecule has 19 heavy (non-hydrogen) atoms. The van der Waals surface area contributed by atoms with Crippen LogP contribution in [0.15, 0.2) is 42.5 Å². The van der Waals surface area contributed by atoms with E-state index < -0.39 is 0 Å². The zero-order valence-electron chi connectivity index (χ0n) is 11.0. The van der Waals surface area contributed by atoms with Gasteiger partial charge in [0.15, 0.2) is 0 Å². The molecular weight excluding hydrogens is 237 g/mol. The van der Waals surface area contributed by atoms with Crippen molar-refractivity contribution in [1.29, 1.82) is 5.26 Å². The highest BCUT2D eigenvalue weighted by Gasteiger charge is 2.06. The average Bonchev–Trinajstić information content (AvgIpc) is 2.45. The van der Waals surface area contributed by atoms with Crippen molar-refractivity contribution in [2.45, 2.75) is 26.2 Å². The van der Waals surface area contributed by atoms with Gasteiger partial charge in [-0.2, -0.15) is 5.26 Å². The second-order valence-corrected chi connectivity index (χ2v) is 4.61. The van der Waals surface area contributed by atoms with Crippen molar-refractivity contribution in [1.82, 2.24) is 0 Å². The van der Waals surface area contributed by atoms with Crippen molar-refractivity contribution in [3.8, 4) is 17.2 Å². The highest BCUT2D eigenvalue weighted by atomic mass is 19.1. The predicted octanol–water partition coefficient (Wildman–Crippen LogP) is 4.71. The number of halogens is 1. The standard InChI is InChI=1S/C17H16FN/c1-2-3-4-13-5-8-15(9-6-13)16-10-7-14(12-19)11-17(16)18/h5-11H,2-4H2,1H3. The molecule has 0 bridgehead atoms. The lowest BCUT2D eigenvalue weighted by atomic mass is 10.0. The van der Waals surface area contributed by atoms with Crippen LogP contribution in [0.25, 0.3) is 11.1 Å². The van der Waals surface area contributed by atoms with E-state index in [4.69, 9.17) is 5.26 Å². The maximum absolute atomic E-state index is 13.9. The largest absolute Gasteiger partial charge is 0.206 e. The van der Waals surface area contributed by atoms with E-state index in [0.29, 0.717) is 11.1 Å². The molecule has 0 aliphatic heterocycles. The van der Waals surface area contributed by atoms with Gasteiger partial charge in [-0.25, -0.2) is 4.39 Å². The summed E-state index contributed by atoms with van der Waals surface area (Å²) < 4.78 is 13.9. The average molecular weight is 253 g/mol. The molecule has 2 aromatic carbocycles. The van der Waals surface area contributed by atoms with Gasteiger partial charge in [0.2, 0.25) is 0 Å². The first kappa shape index (κ1) is 13.3. The van der Waals surface area contributed by atoms with Crippen LogP contribution in [0.2, 0.25) is 0 Å². The Balaban J connectivity index is 2.25. The third-order valence-corrected chi connectivity index (χ3v) is 3.18. The minimum atomic E-state index is -0.347. The fourth-order valence-electron chi connectivity index (χ4n) is 2.05. The van der Waals surface area contributed by atoms with E-state index in [-0.39, 0.29) is 5.82 Å². The molecule has 0 saturated carbocycles. The van der Waals surface area contributed by atoms with Crippen molar-refractivity contribution < 1.29 is 4.39 Å². The second kappa shape index (κ2) is 6.15. The maximum Gasteiger partial charge on any atom is 0.132 e. The number of benzene rings is 2. The summed E-state index contributed by atoms with van der Waals surface area (Å²) in [6, 6.07) is 14.5. The van der Waals surface area contributed by atoms with E-state index in [1.54, 1.807) is 12.1 Å². The summed E-state index contributed by atoms with van der Waals surface area (Å²) in [6.45, 7) is 2.17. The molecule has 0 aliphatic carbocycles. The van der Waals surface area contributed by atoms with E-state index >= 15 is 0 Å². The Morgan fingerprint density at radius 2 is 1.84 bits per heavy atom. The molecule has 0 N–H and O–H groups in total. The van der Waals surface area contributed by atoms with Crippen molar-refractivity contribution in [3.63, 3.8) is 0 Å². The molecule has 0 spiro atoms.